The Hall–Kier alpha value is -15.7. The van der Waals surface area contributed by atoms with Gasteiger partial charge in [-0.15, -0.1) is 0 Å². The molecule has 6 heterocycles. The van der Waals surface area contributed by atoms with E-state index < -0.39 is 10.8 Å². The van der Waals surface area contributed by atoms with Crippen molar-refractivity contribution in [3.8, 4) is 135 Å². The Morgan fingerprint density at radius 1 is 0.197 bits per heavy atom. The number of hydrogen-bond donors (Lipinski definition) is 0. The second-order valence-corrected chi connectivity index (χ2v) is 30.1. The summed E-state index contributed by atoms with van der Waals surface area (Å²) in [6.45, 7) is 0. The van der Waals surface area contributed by atoms with E-state index in [1.54, 1.807) is 0 Å². The Bertz CT molecular complexity index is 7400. The number of para-hydroxylation sites is 3. The van der Waals surface area contributed by atoms with Gasteiger partial charge in [-0.05, 0) is 132 Å². The first-order chi connectivity index (χ1) is 57.9. The van der Waals surface area contributed by atoms with Crippen LogP contribution in [0.25, 0.3) is 179 Å². The predicted molar refractivity (Wildman–Crippen MR) is 467 cm³/mol. The molecule has 0 radical (unpaired) electrons. The molecule has 23 rings (SSSR count). The summed E-state index contributed by atoms with van der Waals surface area (Å²) in [6.07, 6.45) is 3.91. The third kappa shape index (κ3) is 10.9. The summed E-state index contributed by atoms with van der Waals surface area (Å²) in [6, 6.07) is 135. The van der Waals surface area contributed by atoms with Crippen LogP contribution in [0.2, 0.25) is 0 Å². The molecule has 0 fully saturated rings. The maximum absolute atomic E-state index is 6.50. The monoisotopic (exact) mass is 1500 g/mol. The van der Waals surface area contributed by atoms with Gasteiger partial charge in [0.25, 0.3) is 0 Å². The number of fused-ring (bicyclic) bond motifs is 11. The number of rotatable bonds is 14. The van der Waals surface area contributed by atoms with Gasteiger partial charge in [-0.3, -0.25) is 4.98 Å². The van der Waals surface area contributed by atoms with Crippen molar-refractivity contribution in [3.63, 3.8) is 0 Å². The van der Waals surface area contributed by atoms with Gasteiger partial charge in [0, 0.05) is 89.6 Å². The lowest BCUT2D eigenvalue weighted by Crippen LogP contribution is -2.28. The van der Waals surface area contributed by atoms with E-state index >= 15 is 0 Å². The number of furan rings is 3. The van der Waals surface area contributed by atoms with Crippen LogP contribution in [0.15, 0.2) is 408 Å². The lowest BCUT2D eigenvalue weighted by atomic mass is 9.67. The van der Waals surface area contributed by atoms with Crippen molar-refractivity contribution in [1.82, 2.24) is 34.9 Å². The molecule has 546 valence electrons. The Labute approximate surface area is 673 Å². The van der Waals surface area contributed by atoms with Crippen LogP contribution in [-0.2, 0) is 10.8 Å². The van der Waals surface area contributed by atoms with Crippen molar-refractivity contribution in [2.24, 2.45) is 0 Å². The number of aromatic nitrogens is 7. The van der Waals surface area contributed by atoms with Gasteiger partial charge in [0.1, 0.15) is 33.9 Å². The number of benzene rings is 15. The van der Waals surface area contributed by atoms with Crippen molar-refractivity contribution in [2.75, 3.05) is 0 Å². The Morgan fingerprint density at radius 2 is 0.564 bits per heavy atom. The number of nitrogens with zero attached hydrogens (tertiary/aromatic N) is 7. The molecule has 0 aliphatic heterocycles. The topological polar surface area (TPSA) is 130 Å². The average Bonchev–Trinajstić information content (AvgIpc) is 1.54. The molecule has 0 amide bonds. The summed E-state index contributed by atoms with van der Waals surface area (Å²) < 4.78 is 19.2. The fourth-order valence-electron chi connectivity index (χ4n) is 18.4. The van der Waals surface area contributed by atoms with Gasteiger partial charge in [-0.2, -0.15) is 0 Å². The van der Waals surface area contributed by atoms with E-state index in [2.05, 4.69) is 322 Å². The smallest absolute Gasteiger partial charge is 0.164 e. The highest BCUT2D eigenvalue weighted by Crippen LogP contribution is 2.60. The summed E-state index contributed by atoms with van der Waals surface area (Å²) in [5.74, 6) is 4.84. The molecule has 0 saturated heterocycles. The van der Waals surface area contributed by atoms with Crippen LogP contribution in [0.3, 0.4) is 0 Å². The Balaban J connectivity index is 0.624. The molecule has 0 N–H and O–H groups in total. The molecule has 2 aliphatic rings. The van der Waals surface area contributed by atoms with E-state index in [1.165, 1.54) is 22.3 Å². The van der Waals surface area contributed by atoms with Crippen molar-refractivity contribution in [2.45, 2.75) is 10.8 Å². The second kappa shape index (κ2) is 27.1. The van der Waals surface area contributed by atoms with Gasteiger partial charge in [0.15, 0.2) is 34.9 Å². The average molecular weight is 1500 g/mol. The molecule has 1 unspecified atom stereocenters. The van der Waals surface area contributed by atoms with E-state index in [4.69, 9.17) is 48.1 Å². The van der Waals surface area contributed by atoms with Gasteiger partial charge in [-0.25, -0.2) is 29.9 Å². The fourth-order valence-corrected chi connectivity index (χ4v) is 18.4. The zero-order chi connectivity index (χ0) is 77.1. The van der Waals surface area contributed by atoms with Crippen molar-refractivity contribution < 1.29 is 13.3 Å². The maximum atomic E-state index is 6.50. The first-order valence-electron chi connectivity index (χ1n) is 39.4. The second-order valence-electron chi connectivity index (χ2n) is 30.1. The largest absolute Gasteiger partial charge is 0.456 e. The van der Waals surface area contributed by atoms with Crippen LogP contribution in [0.4, 0.5) is 0 Å². The summed E-state index contributed by atoms with van der Waals surface area (Å²) in [4.78, 5) is 37.6. The van der Waals surface area contributed by atoms with Gasteiger partial charge in [0.05, 0.1) is 10.8 Å². The van der Waals surface area contributed by atoms with E-state index in [0.29, 0.717) is 34.9 Å². The first-order valence-corrected chi connectivity index (χ1v) is 39.4. The molecule has 10 heteroatoms. The fraction of sp³-hybridized carbons (Fsp3) is 0.0187. The van der Waals surface area contributed by atoms with Crippen LogP contribution < -0.4 is 0 Å². The van der Waals surface area contributed by atoms with Crippen LogP contribution in [-0.4, -0.2) is 34.9 Å². The van der Waals surface area contributed by atoms with Crippen molar-refractivity contribution in [1.29, 1.82) is 0 Å². The summed E-state index contributed by atoms with van der Waals surface area (Å²) in [7, 11) is 0. The van der Waals surface area contributed by atoms with Gasteiger partial charge < -0.3 is 13.3 Å². The van der Waals surface area contributed by atoms with E-state index in [1.807, 2.05) is 73.1 Å². The summed E-state index contributed by atoms with van der Waals surface area (Å²) in [5, 5.41) is 4.17. The minimum atomic E-state index is -0.800. The van der Waals surface area contributed by atoms with Gasteiger partial charge >= 0.3 is 0 Å². The van der Waals surface area contributed by atoms with Crippen molar-refractivity contribution >= 4 is 43.9 Å². The predicted octanol–water partition coefficient (Wildman–Crippen LogP) is 26.2. The molecular weight excluding hydrogens is 1430 g/mol. The highest BCUT2D eigenvalue weighted by molar-refractivity contribution is 6.06. The van der Waals surface area contributed by atoms with Gasteiger partial charge in [-0.1, -0.05) is 328 Å². The number of hydrogen-bond acceptors (Lipinski definition) is 10. The van der Waals surface area contributed by atoms with Crippen molar-refractivity contribution in [3.05, 3.63) is 439 Å². The lowest BCUT2D eigenvalue weighted by Gasteiger charge is -2.34. The summed E-state index contributed by atoms with van der Waals surface area (Å²) in [5.41, 5.74) is 26.4. The molecular formula is C107H65N7O3. The Morgan fingerprint density at radius 3 is 1.08 bits per heavy atom. The van der Waals surface area contributed by atoms with Crippen LogP contribution in [0.1, 0.15) is 44.5 Å². The third-order valence-corrected chi connectivity index (χ3v) is 23.7. The van der Waals surface area contributed by atoms with Crippen LogP contribution in [0, 0.1) is 0 Å². The molecule has 15 aromatic carbocycles. The molecule has 2 aliphatic carbocycles. The molecule has 0 bridgehead atoms. The van der Waals surface area contributed by atoms with Crippen LogP contribution in [0.5, 0.6) is 0 Å². The van der Waals surface area contributed by atoms with Gasteiger partial charge in [0.2, 0.25) is 0 Å². The minimum Gasteiger partial charge on any atom is -0.456 e. The first kappa shape index (κ1) is 67.1. The Kier molecular flexibility index (Phi) is 15.5. The molecule has 21 aromatic rings. The minimum absolute atomic E-state index is 0.522. The molecule has 10 nitrogen and oxygen atoms in total. The molecule has 117 heavy (non-hydrogen) atoms. The maximum Gasteiger partial charge on any atom is 0.164 e. The third-order valence-electron chi connectivity index (χ3n) is 23.7. The molecule has 1 atom stereocenters. The van der Waals surface area contributed by atoms with E-state index in [-0.39, 0.29) is 0 Å². The molecule has 6 aromatic heterocycles. The van der Waals surface area contributed by atoms with Crippen LogP contribution >= 0.6 is 0 Å². The summed E-state index contributed by atoms with van der Waals surface area (Å²) >= 11 is 0. The van der Waals surface area contributed by atoms with E-state index in [0.717, 1.165) is 167 Å². The zero-order valence-corrected chi connectivity index (χ0v) is 62.9. The lowest BCUT2D eigenvalue weighted by molar-refractivity contribution is 0.631. The highest BCUT2D eigenvalue weighted by Gasteiger charge is 2.49. The normalized spacial score (nSPS) is 13.7. The standard InChI is InChI=1S/C107H65N7O3/c1-4-26-78(27-5-1)106(79-28-6-2-7-29-79)88-38-15-12-34-84(88)98-86(36-21-40-90(98)106)104-111-100(109-101(112-104)70-53-47-67(48-54-70)95-61-73-23-10-17-42-92(73)115-95)69-51-45-66(46-52-69)76-59-77(65-108-64-76)72-25-20-32-81(60-72)107(80-30-8-3-9-31-80)89-39-16-13-35-85(89)99-87(37-22-41-91(99)107)105-113-102(71-55-49-68(50-56-71)96-62-74-24-11-18-43-93(74)116-96)110-103(114-105)75-57-58-83-82-33-14-19-44-94(82)117-97(83)63-75/h1-65H. The molecule has 0 spiro atoms. The SMILES string of the molecule is c1ccc(C2(c3ccccc3)c3ccccc3-c3c(-c4nc(-c5ccc(-c6cncc(-c7cccc(C8(c9ccccc9)c9ccccc9-c9c(-c%10nc(-c%11ccc(-c%12cc%13ccccc%13o%12)cc%11)nc(-c%11ccc%12c(c%11)oc%11ccccc%11%12)n%10)cccc98)c7)c6)cc5)nc(-c5ccc(-c6cc7ccccc7o6)cc5)n4)cccc32)cc1. The highest BCUT2D eigenvalue weighted by atomic mass is 16.3. The number of pyridine rings is 1. The zero-order valence-electron chi connectivity index (χ0n) is 62.9. The van der Waals surface area contributed by atoms with E-state index in [9.17, 15) is 0 Å². The quantitative estimate of drug-likeness (QED) is 0.104. The molecule has 0 saturated carbocycles.